The molecule has 106 valence electrons. The van der Waals surface area contributed by atoms with Gasteiger partial charge in [-0.05, 0) is 25.1 Å². The zero-order chi connectivity index (χ0) is 14.7. The standard InChI is InChI=1S/C14H17N3O3/c1-9-7-13(17(2)16-9)15-14(18)11-8-10(19-3)5-6-12(11)20-4/h5-8H,1-4H3,(H,15,18). The first-order chi connectivity index (χ1) is 9.55. The molecule has 0 aliphatic heterocycles. The lowest BCUT2D eigenvalue weighted by molar-refractivity contribution is 0.102. The molecule has 0 saturated heterocycles. The van der Waals surface area contributed by atoms with Gasteiger partial charge in [-0.2, -0.15) is 5.10 Å². The van der Waals surface area contributed by atoms with Crippen molar-refractivity contribution in [2.45, 2.75) is 6.92 Å². The van der Waals surface area contributed by atoms with Gasteiger partial charge in [0.2, 0.25) is 0 Å². The molecule has 1 N–H and O–H groups in total. The third-order valence-corrected chi connectivity index (χ3v) is 2.89. The number of carbonyl (C=O) groups excluding carboxylic acids is 1. The van der Waals surface area contributed by atoms with Crippen molar-refractivity contribution in [1.29, 1.82) is 0 Å². The van der Waals surface area contributed by atoms with Crippen molar-refractivity contribution in [2.24, 2.45) is 7.05 Å². The monoisotopic (exact) mass is 275 g/mol. The summed E-state index contributed by atoms with van der Waals surface area (Å²) in [5.41, 5.74) is 1.24. The normalized spacial score (nSPS) is 10.2. The SMILES string of the molecule is COc1ccc(OC)c(C(=O)Nc2cc(C)nn2C)c1. The zero-order valence-electron chi connectivity index (χ0n) is 11.9. The molecular formula is C14H17N3O3. The molecule has 0 radical (unpaired) electrons. The number of methoxy groups -OCH3 is 2. The first kappa shape index (κ1) is 13.9. The van der Waals surface area contributed by atoms with E-state index < -0.39 is 0 Å². The summed E-state index contributed by atoms with van der Waals surface area (Å²) in [6.07, 6.45) is 0. The Morgan fingerprint density at radius 3 is 2.55 bits per heavy atom. The van der Waals surface area contributed by atoms with Crippen molar-refractivity contribution in [2.75, 3.05) is 19.5 Å². The van der Waals surface area contributed by atoms with Crippen molar-refractivity contribution >= 4 is 11.7 Å². The average molecular weight is 275 g/mol. The predicted octanol–water partition coefficient (Wildman–Crippen LogP) is 2.00. The first-order valence-electron chi connectivity index (χ1n) is 6.09. The van der Waals surface area contributed by atoms with E-state index in [0.717, 1.165) is 5.69 Å². The van der Waals surface area contributed by atoms with E-state index in [-0.39, 0.29) is 5.91 Å². The van der Waals surface area contributed by atoms with Gasteiger partial charge in [-0.1, -0.05) is 0 Å². The minimum absolute atomic E-state index is 0.274. The number of amides is 1. The molecule has 6 nitrogen and oxygen atoms in total. The molecule has 20 heavy (non-hydrogen) atoms. The molecule has 0 unspecified atom stereocenters. The molecule has 0 saturated carbocycles. The number of hydrogen-bond donors (Lipinski definition) is 1. The highest BCUT2D eigenvalue weighted by Gasteiger charge is 2.15. The predicted molar refractivity (Wildman–Crippen MR) is 75.4 cm³/mol. The number of hydrogen-bond acceptors (Lipinski definition) is 4. The Labute approximate surface area is 117 Å². The summed E-state index contributed by atoms with van der Waals surface area (Å²) in [6, 6.07) is 6.87. The molecule has 0 spiro atoms. The first-order valence-corrected chi connectivity index (χ1v) is 6.09. The summed E-state index contributed by atoms with van der Waals surface area (Å²) in [5.74, 6) is 1.43. The number of aryl methyl sites for hydroxylation is 2. The highest BCUT2D eigenvalue weighted by Crippen LogP contribution is 2.25. The minimum atomic E-state index is -0.274. The highest BCUT2D eigenvalue weighted by atomic mass is 16.5. The fourth-order valence-electron chi connectivity index (χ4n) is 1.90. The van der Waals surface area contributed by atoms with Crippen molar-refractivity contribution in [1.82, 2.24) is 9.78 Å². The van der Waals surface area contributed by atoms with Crippen LogP contribution in [0.2, 0.25) is 0 Å². The Morgan fingerprint density at radius 1 is 1.25 bits per heavy atom. The second-order valence-corrected chi connectivity index (χ2v) is 4.31. The number of rotatable bonds is 4. The summed E-state index contributed by atoms with van der Waals surface area (Å²) >= 11 is 0. The van der Waals surface area contributed by atoms with Crippen LogP contribution < -0.4 is 14.8 Å². The van der Waals surface area contributed by atoms with Crippen LogP contribution in [0.5, 0.6) is 11.5 Å². The van der Waals surface area contributed by atoms with Crippen molar-refractivity contribution in [3.63, 3.8) is 0 Å². The minimum Gasteiger partial charge on any atom is -0.497 e. The van der Waals surface area contributed by atoms with Crippen LogP contribution >= 0.6 is 0 Å². The molecule has 0 aliphatic carbocycles. The summed E-state index contributed by atoms with van der Waals surface area (Å²) in [6.45, 7) is 1.86. The van der Waals surface area contributed by atoms with E-state index in [1.165, 1.54) is 7.11 Å². The molecule has 1 aromatic heterocycles. The Hall–Kier alpha value is -2.50. The van der Waals surface area contributed by atoms with Gasteiger partial charge in [-0.25, -0.2) is 0 Å². The van der Waals surface area contributed by atoms with Crippen LogP contribution in [0.25, 0.3) is 0 Å². The van der Waals surface area contributed by atoms with Crippen LogP contribution in [0.3, 0.4) is 0 Å². The molecule has 2 aromatic rings. The van der Waals surface area contributed by atoms with Gasteiger partial charge >= 0.3 is 0 Å². The molecule has 0 aliphatic rings. The number of carbonyl (C=O) groups is 1. The summed E-state index contributed by atoms with van der Waals surface area (Å²) in [4.78, 5) is 12.3. The van der Waals surface area contributed by atoms with Crippen LogP contribution in [-0.2, 0) is 7.05 Å². The van der Waals surface area contributed by atoms with Gasteiger partial charge in [0.05, 0.1) is 25.5 Å². The van der Waals surface area contributed by atoms with Gasteiger partial charge in [-0.15, -0.1) is 0 Å². The van der Waals surface area contributed by atoms with Gasteiger partial charge in [0.1, 0.15) is 17.3 Å². The number of nitrogens with one attached hydrogen (secondary N) is 1. The average Bonchev–Trinajstić information content (AvgIpc) is 2.76. The molecule has 6 heteroatoms. The fraction of sp³-hybridized carbons (Fsp3) is 0.286. The number of anilines is 1. The Bertz CT molecular complexity index is 635. The third-order valence-electron chi connectivity index (χ3n) is 2.89. The van der Waals surface area contributed by atoms with Crippen LogP contribution in [0.1, 0.15) is 16.1 Å². The van der Waals surface area contributed by atoms with E-state index in [1.807, 2.05) is 6.92 Å². The Balaban J connectivity index is 2.30. The lowest BCUT2D eigenvalue weighted by Gasteiger charge is -2.10. The number of ether oxygens (including phenoxy) is 2. The molecule has 1 amide bonds. The van der Waals surface area contributed by atoms with Gasteiger partial charge in [0, 0.05) is 13.1 Å². The molecule has 1 aromatic carbocycles. The van der Waals surface area contributed by atoms with Crippen LogP contribution in [0, 0.1) is 6.92 Å². The molecular weight excluding hydrogens is 258 g/mol. The largest absolute Gasteiger partial charge is 0.497 e. The van der Waals surface area contributed by atoms with Gasteiger partial charge < -0.3 is 14.8 Å². The Kier molecular flexibility index (Phi) is 3.93. The second-order valence-electron chi connectivity index (χ2n) is 4.31. The topological polar surface area (TPSA) is 65.4 Å². The smallest absolute Gasteiger partial charge is 0.260 e. The van der Waals surface area contributed by atoms with Crippen LogP contribution in [-0.4, -0.2) is 29.9 Å². The zero-order valence-corrected chi connectivity index (χ0v) is 11.9. The third kappa shape index (κ3) is 2.74. The van der Waals surface area contributed by atoms with E-state index in [1.54, 1.807) is 43.1 Å². The van der Waals surface area contributed by atoms with Gasteiger partial charge in [0.25, 0.3) is 5.91 Å². The number of benzene rings is 1. The maximum atomic E-state index is 12.3. The molecule has 2 rings (SSSR count). The lowest BCUT2D eigenvalue weighted by atomic mass is 10.1. The molecule has 0 bridgehead atoms. The summed E-state index contributed by atoms with van der Waals surface area (Å²) in [5, 5.41) is 6.98. The van der Waals surface area contributed by atoms with E-state index in [4.69, 9.17) is 9.47 Å². The van der Waals surface area contributed by atoms with E-state index in [9.17, 15) is 4.79 Å². The van der Waals surface area contributed by atoms with Crippen molar-refractivity contribution < 1.29 is 14.3 Å². The molecule has 1 heterocycles. The molecule has 0 fully saturated rings. The van der Waals surface area contributed by atoms with Crippen LogP contribution in [0.15, 0.2) is 24.3 Å². The second kappa shape index (κ2) is 5.64. The summed E-state index contributed by atoms with van der Waals surface area (Å²) in [7, 11) is 4.84. The van der Waals surface area contributed by atoms with E-state index >= 15 is 0 Å². The quantitative estimate of drug-likeness (QED) is 0.926. The number of nitrogens with zero attached hydrogens (tertiary/aromatic N) is 2. The van der Waals surface area contributed by atoms with Crippen LogP contribution in [0.4, 0.5) is 5.82 Å². The number of aromatic nitrogens is 2. The van der Waals surface area contributed by atoms with Crippen molar-refractivity contribution in [3.05, 3.63) is 35.5 Å². The van der Waals surface area contributed by atoms with Gasteiger partial charge in [-0.3, -0.25) is 9.48 Å². The summed E-state index contributed by atoms with van der Waals surface area (Å²) < 4.78 is 11.9. The molecule has 0 atom stereocenters. The maximum absolute atomic E-state index is 12.3. The fourth-order valence-corrected chi connectivity index (χ4v) is 1.90. The highest BCUT2D eigenvalue weighted by molar-refractivity contribution is 6.06. The lowest BCUT2D eigenvalue weighted by Crippen LogP contribution is -2.15. The maximum Gasteiger partial charge on any atom is 0.260 e. The van der Waals surface area contributed by atoms with E-state index in [0.29, 0.717) is 22.9 Å². The Morgan fingerprint density at radius 2 is 2.00 bits per heavy atom. The van der Waals surface area contributed by atoms with Crippen molar-refractivity contribution in [3.8, 4) is 11.5 Å². The van der Waals surface area contributed by atoms with E-state index in [2.05, 4.69) is 10.4 Å². The van der Waals surface area contributed by atoms with Gasteiger partial charge in [0.15, 0.2) is 0 Å².